The molecule has 180 valence electrons. The molecule has 4 aliphatic rings. The zero-order chi connectivity index (χ0) is 23.6. The summed E-state index contributed by atoms with van der Waals surface area (Å²) in [7, 11) is 0. The predicted octanol–water partition coefficient (Wildman–Crippen LogP) is 7.23. The first-order valence-electron chi connectivity index (χ1n) is 13.3. The third kappa shape index (κ3) is 3.50. The maximum atomic E-state index is 11.7. The minimum atomic E-state index is -0.343. The van der Waals surface area contributed by atoms with E-state index in [9.17, 15) is 10.2 Å². The van der Waals surface area contributed by atoms with Crippen molar-refractivity contribution in [2.75, 3.05) is 0 Å². The van der Waals surface area contributed by atoms with Gasteiger partial charge in [-0.15, -0.1) is 0 Å². The lowest BCUT2D eigenvalue weighted by Crippen LogP contribution is -2.55. The second-order valence-electron chi connectivity index (χ2n) is 13.2. The topological polar surface area (TPSA) is 40.5 Å². The molecule has 32 heavy (non-hydrogen) atoms. The van der Waals surface area contributed by atoms with E-state index in [1.54, 1.807) is 5.57 Å². The Bertz CT molecular complexity index is 830. The third-order valence-corrected chi connectivity index (χ3v) is 10.8. The largest absolute Gasteiger partial charge is 0.393 e. The van der Waals surface area contributed by atoms with E-state index in [1.165, 1.54) is 23.1 Å². The molecule has 2 N–H and O–H groups in total. The van der Waals surface area contributed by atoms with Crippen LogP contribution in [0.25, 0.3) is 0 Å². The number of aliphatic hydroxyl groups excluding tert-OH is 2. The summed E-state index contributed by atoms with van der Waals surface area (Å²) in [6.07, 6.45) is 10.3. The third-order valence-electron chi connectivity index (χ3n) is 10.8. The summed E-state index contributed by atoms with van der Waals surface area (Å²) in [5.74, 6) is 2.24. The first-order valence-corrected chi connectivity index (χ1v) is 13.3. The van der Waals surface area contributed by atoms with E-state index in [1.807, 2.05) is 0 Å². The van der Waals surface area contributed by atoms with Gasteiger partial charge in [0.05, 0.1) is 12.2 Å². The molecule has 2 nitrogen and oxygen atoms in total. The van der Waals surface area contributed by atoms with Gasteiger partial charge >= 0.3 is 0 Å². The van der Waals surface area contributed by atoms with Crippen LogP contribution in [0.15, 0.2) is 34.9 Å². The van der Waals surface area contributed by atoms with Gasteiger partial charge in [-0.1, -0.05) is 66.7 Å². The molecular weight excluding hydrogens is 392 g/mol. The quantitative estimate of drug-likeness (QED) is 0.443. The monoisotopic (exact) mass is 440 g/mol. The zero-order valence-corrected chi connectivity index (χ0v) is 21.8. The normalized spacial score (nSPS) is 41.6. The number of allylic oxidation sites excluding steroid dienone is 4. The van der Waals surface area contributed by atoms with Crippen LogP contribution >= 0.6 is 0 Å². The Hall–Kier alpha value is -0.860. The molecule has 2 heteroatoms. The fourth-order valence-electron chi connectivity index (χ4n) is 8.61. The van der Waals surface area contributed by atoms with Crippen molar-refractivity contribution >= 4 is 0 Å². The van der Waals surface area contributed by atoms with E-state index in [4.69, 9.17) is 0 Å². The standard InChI is InChI=1S/C30H48O2/c1-18(2)19(3)9-10-20(4)22-12-13-23-21-11-14-25-28(5,6)26(32)15-16-29(25,7)27(21)24(31)17-30(22,23)8/h13,18,20,22,24-26,31-32H,3,9-12,14-17H2,1-2,4-8H3. The number of hydrogen-bond donors (Lipinski definition) is 2. The van der Waals surface area contributed by atoms with Crippen LogP contribution in [-0.2, 0) is 0 Å². The summed E-state index contributed by atoms with van der Waals surface area (Å²) < 4.78 is 0. The van der Waals surface area contributed by atoms with Crippen LogP contribution in [0.2, 0.25) is 0 Å². The van der Waals surface area contributed by atoms with Crippen molar-refractivity contribution in [1.29, 1.82) is 0 Å². The molecule has 0 saturated heterocycles. The first-order chi connectivity index (χ1) is 14.8. The summed E-state index contributed by atoms with van der Waals surface area (Å²) in [5, 5.41) is 22.5. The van der Waals surface area contributed by atoms with Gasteiger partial charge in [0.1, 0.15) is 0 Å². The molecule has 4 aliphatic carbocycles. The molecule has 7 unspecified atom stereocenters. The molecule has 0 heterocycles. The first kappa shape index (κ1) is 24.3. The van der Waals surface area contributed by atoms with Gasteiger partial charge in [0.2, 0.25) is 0 Å². The predicted molar refractivity (Wildman–Crippen MR) is 134 cm³/mol. The van der Waals surface area contributed by atoms with Crippen LogP contribution in [0, 0.1) is 39.9 Å². The van der Waals surface area contributed by atoms with Gasteiger partial charge in [-0.2, -0.15) is 0 Å². The average molecular weight is 441 g/mol. The minimum Gasteiger partial charge on any atom is -0.393 e. The average Bonchev–Trinajstić information content (AvgIpc) is 3.05. The van der Waals surface area contributed by atoms with E-state index in [0.29, 0.717) is 23.7 Å². The molecule has 0 aromatic heterocycles. The summed E-state index contributed by atoms with van der Waals surface area (Å²) >= 11 is 0. The Balaban J connectivity index is 1.63. The fourth-order valence-corrected chi connectivity index (χ4v) is 8.61. The molecule has 1 saturated carbocycles. The molecule has 0 spiro atoms. The van der Waals surface area contributed by atoms with Crippen molar-refractivity contribution < 1.29 is 10.2 Å². The van der Waals surface area contributed by atoms with Gasteiger partial charge < -0.3 is 10.2 Å². The number of hydrogen-bond acceptors (Lipinski definition) is 2. The molecule has 0 amide bonds. The maximum absolute atomic E-state index is 11.7. The lowest BCUT2D eigenvalue weighted by molar-refractivity contribution is -0.0974. The molecule has 0 radical (unpaired) electrons. The highest BCUT2D eigenvalue weighted by atomic mass is 16.3. The molecule has 1 fully saturated rings. The highest BCUT2D eigenvalue weighted by Crippen LogP contribution is 2.66. The molecule has 0 aromatic carbocycles. The maximum Gasteiger partial charge on any atom is 0.0769 e. The Morgan fingerprint density at radius 2 is 1.78 bits per heavy atom. The van der Waals surface area contributed by atoms with Gasteiger partial charge in [0, 0.05) is 0 Å². The lowest BCUT2D eigenvalue weighted by Gasteiger charge is -2.60. The number of aliphatic hydroxyl groups is 2. The molecule has 7 atom stereocenters. The smallest absolute Gasteiger partial charge is 0.0769 e. The van der Waals surface area contributed by atoms with Crippen LogP contribution in [0.1, 0.15) is 99.8 Å². The van der Waals surface area contributed by atoms with Crippen LogP contribution in [0.5, 0.6) is 0 Å². The Kier molecular flexibility index (Phi) is 6.16. The van der Waals surface area contributed by atoms with E-state index in [0.717, 1.165) is 44.9 Å². The van der Waals surface area contributed by atoms with E-state index in [-0.39, 0.29) is 28.5 Å². The lowest BCUT2D eigenvalue weighted by atomic mass is 9.46. The molecular formula is C30H48O2. The number of rotatable bonds is 5. The van der Waals surface area contributed by atoms with Gasteiger partial charge in [-0.3, -0.25) is 0 Å². The highest BCUT2D eigenvalue weighted by molar-refractivity contribution is 5.51. The highest BCUT2D eigenvalue weighted by Gasteiger charge is 2.59. The van der Waals surface area contributed by atoms with Crippen molar-refractivity contribution in [2.24, 2.45) is 39.9 Å². The zero-order valence-electron chi connectivity index (χ0n) is 21.8. The van der Waals surface area contributed by atoms with E-state index in [2.05, 4.69) is 61.1 Å². The second kappa shape index (κ2) is 8.12. The van der Waals surface area contributed by atoms with Crippen molar-refractivity contribution in [3.8, 4) is 0 Å². The van der Waals surface area contributed by atoms with Crippen LogP contribution in [0.3, 0.4) is 0 Å². The molecule has 0 aromatic rings. The Morgan fingerprint density at radius 1 is 1.09 bits per heavy atom. The van der Waals surface area contributed by atoms with Gasteiger partial charge in [0.15, 0.2) is 0 Å². The van der Waals surface area contributed by atoms with Crippen LogP contribution < -0.4 is 0 Å². The SMILES string of the molecule is C=C(CCC(C)C1CC=C2C3=C(C(O)CC21C)C1(C)CCC(O)C(C)(C)C1CC3)C(C)C. The number of fused-ring (bicyclic) bond motifs is 4. The van der Waals surface area contributed by atoms with Gasteiger partial charge in [0.25, 0.3) is 0 Å². The molecule has 4 rings (SSSR count). The van der Waals surface area contributed by atoms with Crippen LogP contribution in [0.4, 0.5) is 0 Å². The summed E-state index contributed by atoms with van der Waals surface area (Å²) in [5.41, 5.74) is 5.79. The summed E-state index contributed by atoms with van der Waals surface area (Å²) in [6.45, 7) is 20.6. The van der Waals surface area contributed by atoms with E-state index < -0.39 is 0 Å². The Morgan fingerprint density at radius 3 is 2.44 bits per heavy atom. The Labute approximate surface area is 197 Å². The fraction of sp³-hybridized carbons (Fsp3) is 0.800. The van der Waals surface area contributed by atoms with Gasteiger partial charge in [-0.05, 0) is 108 Å². The van der Waals surface area contributed by atoms with Gasteiger partial charge in [-0.25, -0.2) is 0 Å². The van der Waals surface area contributed by atoms with Crippen molar-refractivity contribution in [2.45, 2.75) is 112 Å². The second-order valence-corrected chi connectivity index (χ2v) is 13.2. The van der Waals surface area contributed by atoms with E-state index >= 15 is 0 Å². The summed E-state index contributed by atoms with van der Waals surface area (Å²) in [4.78, 5) is 0. The summed E-state index contributed by atoms with van der Waals surface area (Å²) in [6, 6.07) is 0. The minimum absolute atomic E-state index is 0.0105. The molecule has 0 aliphatic heterocycles. The van der Waals surface area contributed by atoms with Crippen molar-refractivity contribution in [3.63, 3.8) is 0 Å². The van der Waals surface area contributed by atoms with Crippen molar-refractivity contribution in [3.05, 3.63) is 34.9 Å². The van der Waals surface area contributed by atoms with Crippen molar-refractivity contribution in [1.82, 2.24) is 0 Å². The van der Waals surface area contributed by atoms with Crippen LogP contribution in [-0.4, -0.2) is 22.4 Å². The molecule has 0 bridgehead atoms.